The van der Waals surface area contributed by atoms with Crippen LogP contribution in [0.4, 0.5) is 14.5 Å². The van der Waals surface area contributed by atoms with Crippen molar-refractivity contribution in [3.8, 4) is 0 Å². The number of amides is 1. The summed E-state index contributed by atoms with van der Waals surface area (Å²) in [7, 11) is 1.22. The number of H-pyrrole nitrogens is 1. The van der Waals surface area contributed by atoms with Gasteiger partial charge in [0.15, 0.2) is 6.61 Å². The van der Waals surface area contributed by atoms with Crippen molar-refractivity contribution in [1.29, 1.82) is 0 Å². The Morgan fingerprint density at radius 3 is 2.50 bits per heavy atom. The first-order chi connectivity index (χ1) is 13.2. The number of aromatic nitrogens is 1. The van der Waals surface area contributed by atoms with E-state index in [1.165, 1.54) is 19.2 Å². The van der Waals surface area contributed by atoms with E-state index in [9.17, 15) is 23.2 Å². The van der Waals surface area contributed by atoms with E-state index in [0.717, 1.165) is 0 Å². The second kappa shape index (κ2) is 9.36. The number of hydrogen-bond acceptors (Lipinski definition) is 6. The van der Waals surface area contributed by atoms with E-state index in [-0.39, 0.29) is 21.8 Å². The van der Waals surface area contributed by atoms with E-state index in [1.807, 2.05) is 0 Å². The fraction of sp³-hybridized carbons (Fsp3) is 0.278. The predicted molar refractivity (Wildman–Crippen MR) is 98.8 cm³/mol. The zero-order valence-corrected chi connectivity index (χ0v) is 16.1. The van der Waals surface area contributed by atoms with Gasteiger partial charge in [0.2, 0.25) is 0 Å². The first-order valence-electron chi connectivity index (χ1n) is 8.02. The lowest BCUT2D eigenvalue weighted by molar-refractivity contribution is -0.119. The molecule has 1 aromatic carbocycles. The molecule has 0 bridgehead atoms. The topological polar surface area (TPSA) is 97.5 Å². The molecule has 0 saturated heterocycles. The third kappa shape index (κ3) is 5.10. The van der Waals surface area contributed by atoms with Crippen molar-refractivity contribution >= 4 is 35.3 Å². The Hall–Kier alpha value is -2.88. The standard InChI is InChI=1S/C18H18F2N2O5S/c1-9-14(16(24)26-3)10(2)21-15(9)17(25)27-8-13(23)22-11-6-4-5-7-12(11)28-18(19)20/h4-7,18,21H,8H2,1-3H3,(H,22,23). The fourth-order valence-electron chi connectivity index (χ4n) is 2.52. The number of aryl methyl sites for hydroxylation is 1. The molecule has 0 aliphatic rings. The van der Waals surface area contributed by atoms with Gasteiger partial charge in [0.1, 0.15) is 5.69 Å². The van der Waals surface area contributed by atoms with E-state index in [4.69, 9.17) is 4.74 Å². The molecule has 0 radical (unpaired) electrons. The predicted octanol–water partition coefficient (Wildman–Crippen LogP) is 3.53. The summed E-state index contributed by atoms with van der Waals surface area (Å²) in [5.41, 5.74) is 1.21. The van der Waals surface area contributed by atoms with Crippen molar-refractivity contribution in [2.75, 3.05) is 19.0 Å². The number of esters is 2. The minimum absolute atomic E-state index is 0.0272. The number of halogens is 2. The van der Waals surface area contributed by atoms with Crippen LogP contribution in [-0.4, -0.2) is 42.3 Å². The summed E-state index contributed by atoms with van der Waals surface area (Å²) >= 11 is 0.295. The molecule has 0 unspecified atom stereocenters. The number of aromatic amines is 1. The molecule has 0 spiro atoms. The third-order valence-corrected chi connectivity index (χ3v) is 4.53. The molecule has 0 atom stereocenters. The van der Waals surface area contributed by atoms with E-state index in [0.29, 0.717) is 23.0 Å². The highest BCUT2D eigenvalue weighted by Crippen LogP contribution is 2.31. The molecule has 1 amide bonds. The summed E-state index contributed by atoms with van der Waals surface area (Å²) in [6.07, 6.45) is 0. The zero-order valence-electron chi connectivity index (χ0n) is 15.3. The summed E-state index contributed by atoms with van der Waals surface area (Å²) in [5, 5.41) is 2.43. The molecule has 2 aromatic rings. The molecule has 2 rings (SSSR count). The van der Waals surface area contributed by atoms with Gasteiger partial charge in [0, 0.05) is 10.6 Å². The summed E-state index contributed by atoms with van der Waals surface area (Å²) in [4.78, 5) is 38.9. The van der Waals surface area contributed by atoms with Gasteiger partial charge in [-0.05, 0) is 31.5 Å². The number of hydrogen-bond donors (Lipinski definition) is 2. The molecule has 28 heavy (non-hydrogen) atoms. The van der Waals surface area contributed by atoms with Crippen LogP contribution >= 0.6 is 11.8 Å². The number of para-hydroxylation sites is 1. The summed E-state index contributed by atoms with van der Waals surface area (Å²) in [6, 6.07) is 6.05. The number of rotatable bonds is 7. The highest BCUT2D eigenvalue weighted by Gasteiger charge is 2.24. The number of ether oxygens (including phenoxy) is 2. The monoisotopic (exact) mass is 412 g/mol. The van der Waals surface area contributed by atoms with E-state index >= 15 is 0 Å². The first kappa shape index (κ1) is 21.4. The minimum Gasteiger partial charge on any atom is -0.465 e. The molecule has 1 aromatic heterocycles. The van der Waals surface area contributed by atoms with Crippen LogP contribution in [0.25, 0.3) is 0 Å². The average molecular weight is 412 g/mol. The number of thioether (sulfide) groups is 1. The zero-order chi connectivity index (χ0) is 20.8. The van der Waals surface area contributed by atoms with E-state index in [2.05, 4.69) is 15.0 Å². The van der Waals surface area contributed by atoms with E-state index < -0.39 is 30.2 Å². The van der Waals surface area contributed by atoms with E-state index in [1.54, 1.807) is 26.0 Å². The maximum absolute atomic E-state index is 12.6. The number of anilines is 1. The number of nitrogens with one attached hydrogen (secondary N) is 2. The molecule has 0 fully saturated rings. The Morgan fingerprint density at radius 2 is 1.86 bits per heavy atom. The highest BCUT2D eigenvalue weighted by molar-refractivity contribution is 7.99. The Kier molecular flexibility index (Phi) is 7.16. The number of alkyl halides is 2. The van der Waals surface area contributed by atoms with Gasteiger partial charge in [-0.1, -0.05) is 23.9 Å². The lowest BCUT2D eigenvalue weighted by Gasteiger charge is -2.10. The second-order valence-electron chi connectivity index (χ2n) is 5.62. The summed E-state index contributed by atoms with van der Waals surface area (Å²) in [5.74, 6) is -4.76. The molecular weight excluding hydrogens is 394 g/mol. The number of methoxy groups -OCH3 is 1. The quantitative estimate of drug-likeness (QED) is 0.533. The molecule has 7 nitrogen and oxygen atoms in total. The maximum Gasteiger partial charge on any atom is 0.355 e. The first-order valence-corrected chi connectivity index (χ1v) is 8.90. The van der Waals surface area contributed by atoms with Crippen LogP contribution in [0.1, 0.15) is 32.1 Å². The van der Waals surface area contributed by atoms with Gasteiger partial charge in [-0.3, -0.25) is 4.79 Å². The van der Waals surface area contributed by atoms with Crippen LogP contribution in [0.3, 0.4) is 0 Å². The Balaban J connectivity index is 2.02. The van der Waals surface area contributed by atoms with Crippen LogP contribution in [0.15, 0.2) is 29.2 Å². The Morgan fingerprint density at radius 1 is 1.18 bits per heavy atom. The Bertz CT molecular complexity index is 898. The number of carbonyl (C=O) groups excluding carboxylic acids is 3. The van der Waals surface area contributed by atoms with Gasteiger partial charge >= 0.3 is 11.9 Å². The maximum atomic E-state index is 12.6. The molecule has 0 saturated carbocycles. The molecule has 2 N–H and O–H groups in total. The van der Waals surface area contributed by atoms with Crippen LogP contribution in [0.5, 0.6) is 0 Å². The van der Waals surface area contributed by atoms with Gasteiger partial charge in [0.05, 0.1) is 18.4 Å². The second-order valence-corrected chi connectivity index (χ2v) is 6.65. The molecule has 150 valence electrons. The lowest BCUT2D eigenvalue weighted by Crippen LogP contribution is -2.21. The molecule has 1 heterocycles. The van der Waals surface area contributed by atoms with Crippen LogP contribution in [-0.2, 0) is 14.3 Å². The van der Waals surface area contributed by atoms with Crippen molar-refractivity contribution in [2.24, 2.45) is 0 Å². The number of benzene rings is 1. The molecule has 0 aliphatic carbocycles. The molecule has 10 heteroatoms. The van der Waals surface area contributed by atoms with Gasteiger partial charge < -0.3 is 19.8 Å². The van der Waals surface area contributed by atoms with Crippen LogP contribution in [0, 0.1) is 13.8 Å². The lowest BCUT2D eigenvalue weighted by atomic mass is 10.1. The SMILES string of the molecule is COC(=O)c1c(C)[nH]c(C(=O)OCC(=O)Nc2ccccc2SC(F)F)c1C. The average Bonchev–Trinajstić information content (AvgIpc) is 2.94. The van der Waals surface area contributed by atoms with Gasteiger partial charge in [-0.2, -0.15) is 8.78 Å². The van der Waals surface area contributed by atoms with Crippen molar-refractivity contribution in [3.63, 3.8) is 0 Å². The van der Waals surface area contributed by atoms with Crippen LogP contribution < -0.4 is 5.32 Å². The van der Waals surface area contributed by atoms with Gasteiger partial charge in [0.25, 0.3) is 11.7 Å². The summed E-state index contributed by atoms with van der Waals surface area (Å²) in [6.45, 7) is 2.52. The largest absolute Gasteiger partial charge is 0.465 e. The van der Waals surface area contributed by atoms with Crippen molar-refractivity contribution in [1.82, 2.24) is 4.98 Å². The molecular formula is C18H18F2N2O5S. The smallest absolute Gasteiger partial charge is 0.355 e. The van der Waals surface area contributed by atoms with Crippen molar-refractivity contribution < 1.29 is 32.6 Å². The van der Waals surface area contributed by atoms with Gasteiger partial charge in [-0.15, -0.1) is 0 Å². The minimum atomic E-state index is -2.64. The van der Waals surface area contributed by atoms with Crippen molar-refractivity contribution in [2.45, 2.75) is 24.5 Å². The molecule has 0 aliphatic heterocycles. The van der Waals surface area contributed by atoms with Gasteiger partial charge in [-0.25, -0.2) is 9.59 Å². The van der Waals surface area contributed by atoms with Crippen molar-refractivity contribution in [3.05, 3.63) is 46.8 Å². The highest BCUT2D eigenvalue weighted by atomic mass is 32.2. The number of carbonyl (C=O) groups is 3. The third-order valence-electron chi connectivity index (χ3n) is 3.74. The normalized spacial score (nSPS) is 10.6. The van der Waals surface area contributed by atoms with Crippen LogP contribution in [0.2, 0.25) is 0 Å². The Labute approximate surface area is 163 Å². The fourth-order valence-corrected chi connectivity index (χ4v) is 3.12. The summed E-state index contributed by atoms with van der Waals surface area (Å²) < 4.78 is 34.8.